The van der Waals surface area contributed by atoms with Gasteiger partial charge in [-0.25, -0.2) is 0 Å². The summed E-state index contributed by atoms with van der Waals surface area (Å²) in [5.74, 6) is 1.75. The van der Waals surface area contributed by atoms with E-state index in [2.05, 4.69) is 12.7 Å². The van der Waals surface area contributed by atoms with Crippen LogP contribution in [0.4, 0.5) is 0 Å². The second-order valence-corrected chi connectivity index (χ2v) is 6.14. The van der Waals surface area contributed by atoms with E-state index >= 15 is 0 Å². The highest BCUT2D eigenvalue weighted by Crippen LogP contribution is 2.43. The van der Waals surface area contributed by atoms with Crippen molar-refractivity contribution in [1.29, 1.82) is 0 Å². The SMILES string of the molecule is C=CCOCC1=CC2CCC1C2.CCC(CO)(CO)CO. The Labute approximate surface area is 128 Å². The first kappa shape index (κ1) is 18.4. The van der Waals surface area contributed by atoms with Gasteiger partial charge in [-0.3, -0.25) is 0 Å². The first-order valence-corrected chi connectivity index (χ1v) is 7.86. The Bertz CT molecular complexity index is 316. The molecule has 4 heteroatoms. The molecule has 0 spiro atoms. The molecule has 2 atom stereocenters. The van der Waals surface area contributed by atoms with Gasteiger partial charge >= 0.3 is 0 Å². The average Bonchev–Trinajstić information content (AvgIpc) is 3.14. The fourth-order valence-electron chi connectivity index (χ4n) is 2.85. The summed E-state index contributed by atoms with van der Waals surface area (Å²) < 4.78 is 5.43. The van der Waals surface area contributed by atoms with Gasteiger partial charge in [-0.15, -0.1) is 6.58 Å². The standard InChI is InChI=1S/C11H16O.C6H14O3/c1-2-5-12-8-11-7-9-3-4-10(11)6-9;1-2-6(3-7,4-8)5-9/h2,7,9-10H,1,3-6,8H2;7-9H,2-5H2,1H3. The lowest BCUT2D eigenvalue weighted by Crippen LogP contribution is -2.32. The summed E-state index contributed by atoms with van der Waals surface area (Å²) in [6.45, 7) is 6.51. The molecule has 1 fully saturated rings. The summed E-state index contributed by atoms with van der Waals surface area (Å²) in [7, 11) is 0. The number of ether oxygens (including phenoxy) is 1. The van der Waals surface area contributed by atoms with Crippen molar-refractivity contribution >= 4 is 0 Å². The van der Waals surface area contributed by atoms with E-state index in [4.69, 9.17) is 20.1 Å². The molecule has 122 valence electrons. The third-order valence-electron chi connectivity index (χ3n) is 4.71. The zero-order valence-corrected chi connectivity index (χ0v) is 13.1. The van der Waals surface area contributed by atoms with Crippen LogP contribution in [0.5, 0.6) is 0 Å². The molecule has 4 nitrogen and oxygen atoms in total. The third-order valence-corrected chi connectivity index (χ3v) is 4.71. The number of fused-ring (bicyclic) bond motifs is 2. The van der Waals surface area contributed by atoms with Crippen molar-refractivity contribution in [3.05, 3.63) is 24.3 Å². The number of aliphatic hydroxyl groups is 3. The summed E-state index contributed by atoms with van der Waals surface area (Å²) in [6, 6.07) is 0. The molecular formula is C17H30O4. The maximum atomic E-state index is 8.66. The van der Waals surface area contributed by atoms with Gasteiger partial charge in [0.05, 0.1) is 33.0 Å². The van der Waals surface area contributed by atoms with E-state index in [1.54, 1.807) is 5.57 Å². The van der Waals surface area contributed by atoms with Gasteiger partial charge in [0.15, 0.2) is 0 Å². The van der Waals surface area contributed by atoms with E-state index in [9.17, 15) is 0 Å². The van der Waals surface area contributed by atoms with Crippen LogP contribution in [0.25, 0.3) is 0 Å². The van der Waals surface area contributed by atoms with Gasteiger partial charge in [-0.2, -0.15) is 0 Å². The Hall–Kier alpha value is -0.680. The molecule has 0 aromatic heterocycles. The molecule has 0 amide bonds. The fourth-order valence-corrected chi connectivity index (χ4v) is 2.85. The maximum absolute atomic E-state index is 8.66. The lowest BCUT2D eigenvalue weighted by atomic mass is 9.88. The number of aliphatic hydroxyl groups excluding tert-OH is 3. The van der Waals surface area contributed by atoms with Gasteiger partial charge < -0.3 is 20.1 Å². The third kappa shape index (κ3) is 5.22. The molecule has 2 rings (SSSR count). The van der Waals surface area contributed by atoms with Crippen LogP contribution in [0.2, 0.25) is 0 Å². The number of hydrogen-bond acceptors (Lipinski definition) is 4. The van der Waals surface area contributed by atoms with E-state index < -0.39 is 5.41 Å². The van der Waals surface area contributed by atoms with Gasteiger partial charge in [0.1, 0.15) is 0 Å². The summed E-state index contributed by atoms with van der Waals surface area (Å²) in [5, 5.41) is 26.0. The Morgan fingerprint density at radius 1 is 1.29 bits per heavy atom. The number of hydrogen-bond donors (Lipinski definition) is 3. The predicted molar refractivity (Wildman–Crippen MR) is 83.9 cm³/mol. The normalized spacial score (nSPS) is 23.5. The van der Waals surface area contributed by atoms with E-state index in [1.807, 2.05) is 13.0 Å². The molecule has 2 aliphatic rings. The molecular weight excluding hydrogens is 268 g/mol. The van der Waals surface area contributed by atoms with Gasteiger partial charge in [-0.05, 0) is 43.1 Å². The molecule has 2 unspecified atom stereocenters. The molecule has 3 N–H and O–H groups in total. The molecule has 0 radical (unpaired) electrons. The minimum atomic E-state index is -0.667. The topological polar surface area (TPSA) is 69.9 Å². The van der Waals surface area contributed by atoms with Crippen LogP contribution >= 0.6 is 0 Å². The first-order chi connectivity index (χ1) is 10.1. The second kappa shape index (κ2) is 9.36. The molecule has 0 saturated heterocycles. The fraction of sp³-hybridized carbons (Fsp3) is 0.765. The monoisotopic (exact) mass is 298 g/mol. The van der Waals surface area contributed by atoms with Crippen LogP contribution in [0, 0.1) is 17.3 Å². The summed E-state index contributed by atoms with van der Waals surface area (Å²) in [5.41, 5.74) is 0.883. The molecule has 0 aromatic rings. The van der Waals surface area contributed by atoms with Crippen molar-refractivity contribution in [2.24, 2.45) is 17.3 Å². The van der Waals surface area contributed by atoms with Crippen molar-refractivity contribution in [2.75, 3.05) is 33.0 Å². The van der Waals surface area contributed by atoms with Crippen LogP contribution in [0.3, 0.4) is 0 Å². The molecule has 0 heterocycles. The lowest BCUT2D eigenvalue weighted by molar-refractivity contribution is 0.00304. The molecule has 0 aromatic carbocycles. The number of allylic oxidation sites excluding steroid dienone is 1. The Morgan fingerprint density at radius 3 is 2.29 bits per heavy atom. The summed E-state index contributed by atoms with van der Waals surface area (Å²) in [6.07, 6.45) is 9.04. The van der Waals surface area contributed by atoms with Crippen LogP contribution in [-0.2, 0) is 4.74 Å². The van der Waals surface area contributed by atoms with Crippen molar-refractivity contribution in [1.82, 2.24) is 0 Å². The van der Waals surface area contributed by atoms with Crippen LogP contribution < -0.4 is 0 Å². The first-order valence-electron chi connectivity index (χ1n) is 7.86. The van der Waals surface area contributed by atoms with E-state index in [0.717, 1.165) is 18.4 Å². The molecule has 21 heavy (non-hydrogen) atoms. The van der Waals surface area contributed by atoms with Crippen molar-refractivity contribution in [3.8, 4) is 0 Å². The average molecular weight is 298 g/mol. The van der Waals surface area contributed by atoms with E-state index in [1.165, 1.54) is 19.3 Å². The van der Waals surface area contributed by atoms with Gasteiger partial charge in [0.25, 0.3) is 0 Å². The van der Waals surface area contributed by atoms with Crippen molar-refractivity contribution < 1.29 is 20.1 Å². The van der Waals surface area contributed by atoms with Gasteiger partial charge in [0.2, 0.25) is 0 Å². The second-order valence-electron chi connectivity index (χ2n) is 6.14. The quantitative estimate of drug-likeness (QED) is 0.473. The Balaban J connectivity index is 0.000000222. The highest BCUT2D eigenvalue weighted by Gasteiger charge is 2.32. The van der Waals surface area contributed by atoms with Crippen LogP contribution in [0.1, 0.15) is 32.6 Å². The zero-order valence-electron chi connectivity index (χ0n) is 13.1. The van der Waals surface area contributed by atoms with E-state index in [0.29, 0.717) is 13.0 Å². The maximum Gasteiger partial charge on any atom is 0.0683 e. The molecule has 0 aliphatic heterocycles. The van der Waals surface area contributed by atoms with E-state index in [-0.39, 0.29) is 19.8 Å². The van der Waals surface area contributed by atoms with Crippen LogP contribution in [0.15, 0.2) is 24.3 Å². The van der Waals surface area contributed by atoms with Crippen molar-refractivity contribution in [2.45, 2.75) is 32.6 Å². The Kier molecular flexibility index (Phi) is 8.19. The van der Waals surface area contributed by atoms with Gasteiger partial charge in [0, 0.05) is 5.41 Å². The number of rotatable bonds is 8. The smallest absolute Gasteiger partial charge is 0.0683 e. The highest BCUT2D eigenvalue weighted by atomic mass is 16.5. The Morgan fingerprint density at radius 2 is 1.95 bits per heavy atom. The largest absolute Gasteiger partial charge is 0.396 e. The molecule has 2 bridgehead atoms. The van der Waals surface area contributed by atoms with Gasteiger partial charge in [-0.1, -0.05) is 19.1 Å². The van der Waals surface area contributed by atoms with Crippen molar-refractivity contribution in [3.63, 3.8) is 0 Å². The lowest BCUT2D eigenvalue weighted by Gasteiger charge is -2.24. The zero-order chi connectivity index (χ0) is 15.7. The minimum Gasteiger partial charge on any atom is -0.396 e. The summed E-state index contributed by atoms with van der Waals surface area (Å²) in [4.78, 5) is 0. The van der Waals surface area contributed by atoms with Crippen LogP contribution in [-0.4, -0.2) is 48.4 Å². The summed E-state index contributed by atoms with van der Waals surface area (Å²) >= 11 is 0. The highest BCUT2D eigenvalue weighted by molar-refractivity contribution is 5.19. The predicted octanol–water partition coefficient (Wildman–Crippen LogP) is 1.90. The molecule has 2 aliphatic carbocycles. The molecule has 1 saturated carbocycles. The minimum absolute atomic E-state index is 0.156.